The van der Waals surface area contributed by atoms with Gasteiger partial charge < -0.3 is 20.5 Å². The van der Waals surface area contributed by atoms with Crippen molar-refractivity contribution in [3.63, 3.8) is 0 Å². The van der Waals surface area contributed by atoms with Gasteiger partial charge >= 0.3 is 5.97 Å². The first kappa shape index (κ1) is 30.5. The fourth-order valence-corrected chi connectivity index (χ4v) is 4.99. The Balaban J connectivity index is 1.28. The normalized spacial score (nSPS) is 13.0. The molecule has 0 aliphatic carbocycles. The second-order valence-corrected chi connectivity index (χ2v) is 10.5. The summed E-state index contributed by atoms with van der Waals surface area (Å²) in [6, 6.07) is 21.7. The number of hydrogen-bond donors (Lipinski definition) is 3. The number of fused-ring (bicyclic) bond motifs is 1. The molecule has 0 bridgehead atoms. The van der Waals surface area contributed by atoms with Crippen molar-refractivity contribution in [1.82, 2.24) is 15.2 Å². The number of para-hydroxylation sites is 1. The van der Waals surface area contributed by atoms with Crippen molar-refractivity contribution in [2.24, 2.45) is 0 Å². The molecule has 0 saturated carbocycles. The highest BCUT2D eigenvalue weighted by Crippen LogP contribution is 2.20. The van der Waals surface area contributed by atoms with E-state index in [1.165, 1.54) is 5.56 Å². The molecule has 1 amide bonds. The van der Waals surface area contributed by atoms with E-state index in [-0.39, 0.29) is 18.7 Å². The summed E-state index contributed by atoms with van der Waals surface area (Å²) >= 11 is 0. The van der Waals surface area contributed by atoms with Crippen molar-refractivity contribution in [2.45, 2.75) is 51.0 Å². The average molecular weight is 570 g/mol. The summed E-state index contributed by atoms with van der Waals surface area (Å²) in [5.41, 5.74) is 3.60. The lowest BCUT2D eigenvalue weighted by molar-refractivity contribution is -0.142. The lowest BCUT2D eigenvalue weighted by Crippen LogP contribution is -2.44. The number of benzene rings is 2. The number of nitriles is 1. The number of hydrogen-bond acceptors (Lipinski definition) is 7. The molecule has 1 aromatic heterocycles. The number of aromatic nitrogens is 1. The first-order valence-electron chi connectivity index (χ1n) is 14.6. The molecule has 1 atom stereocenters. The summed E-state index contributed by atoms with van der Waals surface area (Å²) in [6.45, 7) is 3.38. The molecule has 3 N–H and O–H groups in total. The molecule has 0 saturated heterocycles. The molecule has 220 valence electrons. The van der Waals surface area contributed by atoms with Gasteiger partial charge in [0.25, 0.3) is 0 Å². The third-order valence-corrected chi connectivity index (χ3v) is 7.34. The van der Waals surface area contributed by atoms with Crippen molar-refractivity contribution < 1.29 is 19.4 Å². The number of rotatable bonds is 16. The van der Waals surface area contributed by atoms with Crippen molar-refractivity contribution >= 4 is 17.7 Å². The van der Waals surface area contributed by atoms with Crippen molar-refractivity contribution in [2.75, 3.05) is 38.1 Å². The zero-order chi connectivity index (χ0) is 29.6. The predicted molar refractivity (Wildman–Crippen MR) is 161 cm³/mol. The Kier molecular flexibility index (Phi) is 11.7. The van der Waals surface area contributed by atoms with Crippen LogP contribution in [0, 0.1) is 11.3 Å². The third kappa shape index (κ3) is 9.89. The van der Waals surface area contributed by atoms with E-state index in [2.05, 4.69) is 27.7 Å². The van der Waals surface area contributed by atoms with Crippen LogP contribution < -0.4 is 15.4 Å². The third-order valence-electron chi connectivity index (χ3n) is 7.34. The molecular weight excluding hydrogens is 530 g/mol. The number of unbranched alkanes of at least 4 members (excludes halogenated alkanes) is 1. The Morgan fingerprint density at radius 1 is 1.05 bits per heavy atom. The van der Waals surface area contributed by atoms with E-state index in [0.717, 1.165) is 68.0 Å². The fourth-order valence-electron chi connectivity index (χ4n) is 4.99. The number of nitrogens with one attached hydrogen (secondary N) is 2. The van der Waals surface area contributed by atoms with Gasteiger partial charge in [0, 0.05) is 25.3 Å². The Bertz CT molecular complexity index is 1340. The van der Waals surface area contributed by atoms with Crippen LogP contribution in [0.15, 0.2) is 66.7 Å². The number of carboxylic acid groups (broad SMARTS) is 1. The van der Waals surface area contributed by atoms with Gasteiger partial charge in [-0.25, -0.2) is 9.78 Å². The van der Waals surface area contributed by atoms with Crippen LogP contribution in [0.3, 0.4) is 0 Å². The van der Waals surface area contributed by atoms with Crippen LogP contribution in [0.5, 0.6) is 5.75 Å². The van der Waals surface area contributed by atoms with Crippen LogP contribution in [0.2, 0.25) is 0 Å². The highest BCUT2D eigenvalue weighted by molar-refractivity contribution is 5.84. The SMILES string of the molecule is N#Cc1ccc(CC(=O)N[C@@H](CCN(CCCCc2ccc3c(n2)NCCC3)CCOc2ccccc2)C(=O)O)cc1. The predicted octanol–water partition coefficient (Wildman–Crippen LogP) is 4.22. The quantitative estimate of drug-likeness (QED) is 0.219. The van der Waals surface area contributed by atoms with Gasteiger partial charge in [-0.2, -0.15) is 5.26 Å². The number of aliphatic carboxylic acids is 1. The fraction of sp³-hybridized carbons (Fsp3) is 0.394. The number of nitrogens with zero attached hydrogens (tertiary/aromatic N) is 3. The number of amides is 1. The Morgan fingerprint density at radius 3 is 2.62 bits per heavy atom. The topological polar surface area (TPSA) is 128 Å². The number of aryl methyl sites for hydroxylation is 2. The van der Waals surface area contributed by atoms with E-state index < -0.39 is 12.0 Å². The van der Waals surface area contributed by atoms with Crippen LogP contribution in [0.4, 0.5) is 5.82 Å². The molecule has 1 aliphatic rings. The minimum absolute atomic E-state index is 0.0520. The van der Waals surface area contributed by atoms with Gasteiger partial charge in [0.15, 0.2) is 0 Å². The van der Waals surface area contributed by atoms with Gasteiger partial charge in [-0.15, -0.1) is 0 Å². The van der Waals surface area contributed by atoms with E-state index in [1.807, 2.05) is 36.4 Å². The van der Waals surface area contributed by atoms with Crippen molar-refractivity contribution in [3.05, 3.63) is 89.1 Å². The lowest BCUT2D eigenvalue weighted by atomic mass is 10.1. The van der Waals surface area contributed by atoms with Crippen LogP contribution in [-0.2, 0) is 28.9 Å². The first-order valence-corrected chi connectivity index (χ1v) is 14.6. The van der Waals surface area contributed by atoms with Crippen LogP contribution in [0.1, 0.15) is 48.1 Å². The Labute approximate surface area is 247 Å². The summed E-state index contributed by atoms with van der Waals surface area (Å²) in [7, 11) is 0. The number of carbonyl (C=O) groups is 2. The second kappa shape index (κ2) is 16.1. The number of carboxylic acids is 1. The molecule has 9 heteroatoms. The van der Waals surface area contributed by atoms with Crippen LogP contribution in [0.25, 0.3) is 0 Å². The van der Waals surface area contributed by atoms with E-state index in [1.54, 1.807) is 24.3 Å². The zero-order valence-electron chi connectivity index (χ0n) is 23.9. The molecule has 0 radical (unpaired) electrons. The second-order valence-electron chi connectivity index (χ2n) is 10.5. The summed E-state index contributed by atoms with van der Waals surface area (Å²) in [5, 5.41) is 24.8. The molecule has 2 aromatic carbocycles. The van der Waals surface area contributed by atoms with Crippen LogP contribution in [-0.4, -0.2) is 65.7 Å². The molecule has 0 spiro atoms. The Morgan fingerprint density at radius 2 is 1.86 bits per heavy atom. The summed E-state index contributed by atoms with van der Waals surface area (Å²) in [4.78, 5) is 31.6. The van der Waals surface area contributed by atoms with Gasteiger partial charge in [0.05, 0.1) is 18.1 Å². The maximum absolute atomic E-state index is 12.6. The van der Waals surface area contributed by atoms with Gasteiger partial charge in [-0.05, 0) is 86.5 Å². The molecule has 0 fully saturated rings. The van der Waals surface area contributed by atoms with Gasteiger partial charge in [0.1, 0.15) is 24.2 Å². The van der Waals surface area contributed by atoms with Gasteiger partial charge in [-0.1, -0.05) is 36.4 Å². The highest BCUT2D eigenvalue weighted by atomic mass is 16.5. The first-order chi connectivity index (χ1) is 20.5. The molecule has 9 nitrogen and oxygen atoms in total. The molecular formula is C33H39N5O4. The molecule has 42 heavy (non-hydrogen) atoms. The van der Waals surface area contributed by atoms with E-state index >= 15 is 0 Å². The minimum atomic E-state index is -1.06. The molecule has 4 rings (SSSR count). The minimum Gasteiger partial charge on any atom is -0.492 e. The summed E-state index contributed by atoms with van der Waals surface area (Å²) in [6.07, 6.45) is 5.32. The maximum atomic E-state index is 12.6. The maximum Gasteiger partial charge on any atom is 0.326 e. The van der Waals surface area contributed by atoms with Crippen LogP contribution >= 0.6 is 0 Å². The number of pyridine rings is 1. The smallest absolute Gasteiger partial charge is 0.326 e. The summed E-state index contributed by atoms with van der Waals surface area (Å²) < 4.78 is 5.90. The number of ether oxygens (including phenoxy) is 1. The van der Waals surface area contributed by atoms with Gasteiger partial charge in [-0.3, -0.25) is 9.69 Å². The number of anilines is 1. The number of carbonyl (C=O) groups excluding carboxylic acids is 1. The van der Waals surface area contributed by atoms with E-state index in [9.17, 15) is 14.7 Å². The molecule has 0 unspecified atom stereocenters. The standard InChI is InChI=1S/C33H39N5O4/c34-24-26-13-11-25(12-14-26)23-31(39)37-30(33(40)41)17-20-38(21-22-42-29-9-2-1-3-10-29)19-5-4-8-28-16-15-27-7-6-18-35-32(27)36-28/h1-3,9-16,30H,4-8,17-23H2,(H,35,36)(H,37,39)(H,40,41)/t30-/m0/s1. The zero-order valence-corrected chi connectivity index (χ0v) is 23.9. The Hall–Kier alpha value is -4.42. The molecule has 3 aromatic rings. The monoisotopic (exact) mass is 569 g/mol. The largest absolute Gasteiger partial charge is 0.492 e. The summed E-state index contributed by atoms with van der Waals surface area (Å²) in [5.74, 6) is 0.385. The lowest BCUT2D eigenvalue weighted by Gasteiger charge is -2.24. The van der Waals surface area contributed by atoms with Crippen molar-refractivity contribution in [3.8, 4) is 11.8 Å². The average Bonchev–Trinajstić information content (AvgIpc) is 3.01. The molecule has 1 aliphatic heterocycles. The van der Waals surface area contributed by atoms with E-state index in [4.69, 9.17) is 15.0 Å². The highest BCUT2D eigenvalue weighted by Gasteiger charge is 2.21. The van der Waals surface area contributed by atoms with Crippen molar-refractivity contribution in [1.29, 1.82) is 5.26 Å². The molecule has 2 heterocycles. The van der Waals surface area contributed by atoms with E-state index in [0.29, 0.717) is 25.3 Å². The van der Waals surface area contributed by atoms with Gasteiger partial charge in [0.2, 0.25) is 5.91 Å².